The Bertz CT molecular complexity index is 312. The summed E-state index contributed by atoms with van der Waals surface area (Å²) in [5.41, 5.74) is 0. The molecule has 2 N–H and O–H groups in total. The smallest absolute Gasteiger partial charge is 0.128 e. The van der Waals surface area contributed by atoms with E-state index in [0.29, 0.717) is 0 Å². The molecule has 0 aliphatic heterocycles. The van der Waals surface area contributed by atoms with Crippen molar-refractivity contribution in [3.8, 4) is 0 Å². The summed E-state index contributed by atoms with van der Waals surface area (Å²) in [6.45, 7) is 5.18. The van der Waals surface area contributed by atoms with E-state index in [9.17, 15) is 0 Å². The monoisotopic (exact) mass is 236 g/mol. The minimum atomic E-state index is 0.949. The third kappa shape index (κ3) is 6.12. The molecule has 0 unspecified atom stereocenters. The molecule has 0 fully saturated rings. The van der Waals surface area contributed by atoms with Crippen molar-refractivity contribution in [3.05, 3.63) is 18.2 Å². The molecule has 0 bridgehead atoms. The Labute approximate surface area is 104 Å². The number of rotatable bonds is 8. The lowest BCUT2D eigenvalue weighted by atomic mass is 10.3. The molecule has 0 atom stereocenters. The summed E-state index contributed by atoms with van der Waals surface area (Å²) in [4.78, 5) is 6.68. The summed E-state index contributed by atoms with van der Waals surface area (Å²) >= 11 is 0. The van der Waals surface area contributed by atoms with Crippen molar-refractivity contribution in [2.75, 3.05) is 44.4 Å². The van der Waals surface area contributed by atoms with Crippen molar-refractivity contribution in [3.63, 3.8) is 0 Å². The number of pyridine rings is 1. The Morgan fingerprint density at radius 2 is 1.76 bits per heavy atom. The van der Waals surface area contributed by atoms with Gasteiger partial charge in [0.2, 0.25) is 0 Å². The molecule has 17 heavy (non-hydrogen) atoms. The van der Waals surface area contributed by atoms with E-state index in [1.54, 1.807) is 0 Å². The first kappa shape index (κ1) is 13.8. The standard InChI is InChI=1S/C13H24N4/c1-4-9-14-12-7-5-8-13(16-12)15-10-6-11-17(2)3/h5,7-8H,4,6,9-11H2,1-3H3,(H2,14,15,16). The summed E-state index contributed by atoms with van der Waals surface area (Å²) in [5, 5.41) is 6.62. The Balaban J connectivity index is 2.32. The predicted octanol–water partition coefficient (Wildman–Crippen LogP) is 2.27. The molecule has 0 radical (unpaired) electrons. The largest absolute Gasteiger partial charge is 0.370 e. The quantitative estimate of drug-likeness (QED) is 0.679. The highest BCUT2D eigenvalue weighted by molar-refractivity contribution is 5.44. The zero-order valence-corrected chi connectivity index (χ0v) is 11.2. The van der Waals surface area contributed by atoms with Crippen LogP contribution >= 0.6 is 0 Å². The molecule has 4 nitrogen and oxygen atoms in total. The molecule has 0 spiro atoms. The number of nitrogens with one attached hydrogen (secondary N) is 2. The van der Waals surface area contributed by atoms with Gasteiger partial charge in [-0.1, -0.05) is 13.0 Å². The topological polar surface area (TPSA) is 40.2 Å². The SMILES string of the molecule is CCCNc1cccc(NCCCN(C)C)n1. The van der Waals surface area contributed by atoms with Crippen molar-refractivity contribution < 1.29 is 0 Å². The highest BCUT2D eigenvalue weighted by Crippen LogP contribution is 2.08. The highest BCUT2D eigenvalue weighted by Gasteiger charge is 1.96. The number of hydrogen-bond donors (Lipinski definition) is 2. The van der Waals surface area contributed by atoms with E-state index >= 15 is 0 Å². The number of anilines is 2. The lowest BCUT2D eigenvalue weighted by Gasteiger charge is -2.11. The molecule has 0 aliphatic rings. The molecular weight excluding hydrogens is 212 g/mol. The minimum absolute atomic E-state index is 0.949. The van der Waals surface area contributed by atoms with Gasteiger partial charge in [-0.15, -0.1) is 0 Å². The summed E-state index contributed by atoms with van der Waals surface area (Å²) in [6, 6.07) is 6.03. The first-order valence-corrected chi connectivity index (χ1v) is 6.32. The fourth-order valence-electron chi connectivity index (χ4n) is 1.50. The van der Waals surface area contributed by atoms with E-state index in [1.807, 2.05) is 18.2 Å². The average molecular weight is 236 g/mol. The van der Waals surface area contributed by atoms with Crippen LogP contribution in [0.2, 0.25) is 0 Å². The van der Waals surface area contributed by atoms with Gasteiger partial charge in [-0.25, -0.2) is 4.98 Å². The lowest BCUT2D eigenvalue weighted by molar-refractivity contribution is 0.405. The van der Waals surface area contributed by atoms with E-state index in [2.05, 4.69) is 41.5 Å². The van der Waals surface area contributed by atoms with E-state index in [0.717, 1.165) is 44.1 Å². The van der Waals surface area contributed by atoms with Gasteiger partial charge in [0.1, 0.15) is 11.6 Å². The zero-order chi connectivity index (χ0) is 12.5. The normalized spacial score (nSPS) is 10.6. The maximum atomic E-state index is 4.49. The summed E-state index contributed by atoms with van der Waals surface area (Å²) < 4.78 is 0. The molecule has 1 rings (SSSR count). The van der Waals surface area contributed by atoms with Gasteiger partial charge in [0.05, 0.1) is 0 Å². The van der Waals surface area contributed by atoms with Crippen molar-refractivity contribution in [1.82, 2.24) is 9.88 Å². The van der Waals surface area contributed by atoms with Crippen LogP contribution in [0.4, 0.5) is 11.6 Å². The van der Waals surface area contributed by atoms with Crippen LogP contribution in [0.1, 0.15) is 19.8 Å². The average Bonchev–Trinajstić information content (AvgIpc) is 2.32. The van der Waals surface area contributed by atoms with Crippen molar-refractivity contribution in [2.24, 2.45) is 0 Å². The minimum Gasteiger partial charge on any atom is -0.370 e. The molecule has 0 saturated heterocycles. The summed E-state index contributed by atoms with van der Waals surface area (Å²) in [7, 11) is 4.18. The van der Waals surface area contributed by atoms with Crippen LogP contribution in [0.3, 0.4) is 0 Å². The molecule has 0 saturated carbocycles. The molecule has 0 aliphatic carbocycles. The zero-order valence-electron chi connectivity index (χ0n) is 11.2. The highest BCUT2D eigenvalue weighted by atomic mass is 15.1. The van der Waals surface area contributed by atoms with Gasteiger partial charge in [-0.3, -0.25) is 0 Å². The number of hydrogen-bond acceptors (Lipinski definition) is 4. The van der Waals surface area contributed by atoms with E-state index < -0.39 is 0 Å². The molecule has 0 amide bonds. The van der Waals surface area contributed by atoms with Gasteiger partial charge in [0.15, 0.2) is 0 Å². The van der Waals surface area contributed by atoms with Crippen molar-refractivity contribution in [1.29, 1.82) is 0 Å². The molecule has 4 heteroatoms. The van der Waals surface area contributed by atoms with Crippen LogP contribution in [0.25, 0.3) is 0 Å². The summed E-state index contributed by atoms with van der Waals surface area (Å²) in [5.74, 6) is 1.90. The second-order valence-electron chi connectivity index (χ2n) is 4.42. The molecule has 1 aromatic rings. The Morgan fingerprint density at radius 1 is 1.12 bits per heavy atom. The van der Waals surface area contributed by atoms with Gasteiger partial charge in [-0.05, 0) is 45.6 Å². The van der Waals surface area contributed by atoms with Gasteiger partial charge >= 0.3 is 0 Å². The van der Waals surface area contributed by atoms with Gasteiger partial charge < -0.3 is 15.5 Å². The van der Waals surface area contributed by atoms with E-state index in [-0.39, 0.29) is 0 Å². The molecular formula is C13H24N4. The lowest BCUT2D eigenvalue weighted by Crippen LogP contribution is -2.16. The number of aromatic nitrogens is 1. The molecule has 0 aromatic carbocycles. The maximum Gasteiger partial charge on any atom is 0.128 e. The van der Waals surface area contributed by atoms with Gasteiger partial charge in [0.25, 0.3) is 0 Å². The molecule has 1 aromatic heterocycles. The molecule has 96 valence electrons. The maximum absolute atomic E-state index is 4.49. The fourth-order valence-corrected chi connectivity index (χ4v) is 1.50. The second-order valence-corrected chi connectivity index (χ2v) is 4.42. The predicted molar refractivity (Wildman–Crippen MR) is 74.7 cm³/mol. The van der Waals surface area contributed by atoms with E-state index in [4.69, 9.17) is 0 Å². The first-order valence-electron chi connectivity index (χ1n) is 6.32. The third-order valence-corrected chi connectivity index (χ3v) is 2.39. The van der Waals surface area contributed by atoms with Crippen LogP contribution in [-0.4, -0.2) is 43.6 Å². The fraction of sp³-hybridized carbons (Fsp3) is 0.615. The van der Waals surface area contributed by atoms with Gasteiger partial charge in [0, 0.05) is 13.1 Å². The Hall–Kier alpha value is -1.29. The van der Waals surface area contributed by atoms with Crippen molar-refractivity contribution >= 4 is 11.6 Å². The van der Waals surface area contributed by atoms with Crippen LogP contribution in [0, 0.1) is 0 Å². The molecule has 1 heterocycles. The Morgan fingerprint density at radius 3 is 2.35 bits per heavy atom. The van der Waals surface area contributed by atoms with Crippen LogP contribution < -0.4 is 10.6 Å². The third-order valence-electron chi connectivity index (χ3n) is 2.39. The van der Waals surface area contributed by atoms with Gasteiger partial charge in [-0.2, -0.15) is 0 Å². The first-order chi connectivity index (χ1) is 8.22. The van der Waals surface area contributed by atoms with Crippen LogP contribution in [-0.2, 0) is 0 Å². The van der Waals surface area contributed by atoms with Crippen LogP contribution in [0.5, 0.6) is 0 Å². The Kier molecular flexibility index (Phi) is 6.40. The summed E-state index contributed by atoms with van der Waals surface area (Å²) in [6.07, 6.45) is 2.24. The van der Waals surface area contributed by atoms with E-state index in [1.165, 1.54) is 0 Å². The second kappa shape index (κ2) is 7.90. The number of nitrogens with zero attached hydrogens (tertiary/aromatic N) is 2. The van der Waals surface area contributed by atoms with Crippen molar-refractivity contribution in [2.45, 2.75) is 19.8 Å². The van der Waals surface area contributed by atoms with Crippen LogP contribution in [0.15, 0.2) is 18.2 Å².